The average Bonchev–Trinajstić information content (AvgIpc) is 2.65. The summed E-state index contributed by atoms with van der Waals surface area (Å²) in [7, 11) is 0.864. The van der Waals surface area contributed by atoms with Gasteiger partial charge in [-0.25, -0.2) is 18.4 Å². The van der Waals surface area contributed by atoms with Gasteiger partial charge in [-0.15, -0.1) is 0 Å². The van der Waals surface area contributed by atoms with E-state index in [1.807, 2.05) is 0 Å². The first-order chi connectivity index (χ1) is 13.1. The first kappa shape index (κ1) is 20.7. The third-order valence-electron chi connectivity index (χ3n) is 4.26. The number of sulfone groups is 1. The van der Waals surface area contributed by atoms with Crippen LogP contribution in [0, 0.1) is 0 Å². The van der Waals surface area contributed by atoms with Gasteiger partial charge in [-0.2, -0.15) is 0 Å². The number of halogens is 2. The molecule has 2 aromatic rings. The summed E-state index contributed by atoms with van der Waals surface area (Å²) < 4.78 is 34.0. The molecule has 0 radical (unpaired) electrons. The van der Waals surface area contributed by atoms with Crippen molar-refractivity contribution < 1.29 is 23.0 Å². The van der Waals surface area contributed by atoms with E-state index in [4.69, 9.17) is 32.7 Å². The Morgan fingerprint density at radius 3 is 2.25 bits per heavy atom. The lowest BCUT2D eigenvalue weighted by Gasteiger charge is -2.33. The van der Waals surface area contributed by atoms with E-state index < -0.39 is 16.1 Å². The van der Waals surface area contributed by atoms with Crippen molar-refractivity contribution in [3.8, 4) is 11.5 Å². The number of benzene rings is 1. The van der Waals surface area contributed by atoms with Crippen LogP contribution in [0.15, 0.2) is 17.4 Å². The minimum Gasteiger partial charge on any atom is -0.495 e. The second-order valence-corrected chi connectivity index (χ2v) is 8.74. The Hall–Kier alpha value is -2.07. The zero-order valence-corrected chi connectivity index (χ0v) is 17.7. The molecule has 1 atom stereocenters. The highest BCUT2D eigenvalue weighted by molar-refractivity contribution is 7.90. The molecule has 0 amide bonds. The Balaban J connectivity index is 2.26. The predicted molar refractivity (Wildman–Crippen MR) is 107 cm³/mol. The normalized spacial score (nSPS) is 16.5. The monoisotopic (exact) mass is 445 g/mol. The van der Waals surface area contributed by atoms with Gasteiger partial charge in [0.25, 0.3) is 0 Å². The maximum Gasteiger partial charge on any atom is 0.248 e. The van der Waals surface area contributed by atoms with Crippen LogP contribution in [0.5, 0.6) is 11.5 Å². The molecule has 0 saturated carbocycles. The Labute approximate surface area is 172 Å². The second kappa shape index (κ2) is 7.40. The van der Waals surface area contributed by atoms with Crippen molar-refractivity contribution >= 4 is 50.5 Å². The Bertz CT molecular complexity index is 1060. The van der Waals surface area contributed by atoms with Crippen molar-refractivity contribution in [2.24, 2.45) is 0 Å². The molecule has 1 aliphatic heterocycles. The van der Waals surface area contributed by atoms with Crippen LogP contribution in [0.4, 0.5) is 5.82 Å². The molecule has 1 unspecified atom stereocenters. The Morgan fingerprint density at radius 2 is 1.75 bits per heavy atom. The molecule has 150 valence electrons. The third kappa shape index (κ3) is 3.39. The molecule has 2 heterocycles. The van der Waals surface area contributed by atoms with Gasteiger partial charge in [0.15, 0.2) is 6.23 Å². The number of aromatic nitrogens is 2. The van der Waals surface area contributed by atoms with Gasteiger partial charge in [-0.3, -0.25) is 0 Å². The lowest BCUT2D eigenvalue weighted by atomic mass is 9.97. The van der Waals surface area contributed by atoms with Crippen LogP contribution in [-0.2, 0) is 9.84 Å². The quantitative estimate of drug-likeness (QED) is 0.715. The standard InChI is InChI=1S/C17H17Cl2N3O5S/c1-22-15-8(7-20-17(21-15)28(4,24)25)5-9(16(22)23)12-13(18)10(26-2)6-11(27-3)14(12)19/h5-7,16,23H,1-4H3. The highest BCUT2D eigenvalue weighted by atomic mass is 35.5. The highest BCUT2D eigenvalue weighted by Crippen LogP contribution is 2.46. The minimum absolute atomic E-state index is 0.198. The Morgan fingerprint density at radius 1 is 1.18 bits per heavy atom. The van der Waals surface area contributed by atoms with Crippen LogP contribution in [0.2, 0.25) is 10.0 Å². The van der Waals surface area contributed by atoms with Crippen molar-refractivity contribution in [3.05, 3.63) is 33.4 Å². The van der Waals surface area contributed by atoms with Gasteiger partial charge >= 0.3 is 0 Å². The summed E-state index contributed by atoms with van der Waals surface area (Å²) in [4.78, 5) is 9.36. The fourth-order valence-corrected chi connectivity index (χ4v) is 4.05. The lowest BCUT2D eigenvalue weighted by molar-refractivity contribution is 0.231. The minimum atomic E-state index is -3.60. The highest BCUT2D eigenvalue weighted by Gasteiger charge is 2.32. The van der Waals surface area contributed by atoms with Gasteiger partial charge in [0.05, 0.1) is 24.3 Å². The van der Waals surface area contributed by atoms with Crippen LogP contribution in [0.1, 0.15) is 11.1 Å². The summed E-state index contributed by atoms with van der Waals surface area (Å²) >= 11 is 12.9. The van der Waals surface area contributed by atoms with E-state index in [-0.39, 0.29) is 21.0 Å². The van der Waals surface area contributed by atoms with Gasteiger partial charge < -0.3 is 19.5 Å². The second-order valence-electron chi connectivity index (χ2n) is 6.07. The topological polar surface area (TPSA) is 102 Å². The number of ether oxygens (including phenoxy) is 2. The number of methoxy groups -OCH3 is 2. The van der Waals surface area contributed by atoms with Crippen LogP contribution >= 0.6 is 23.2 Å². The average molecular weight is 446 g/mol. The van der Waals surface area contributed by atoms with Crippen LogP contribution in [0.25, 0.3) is 11.6 Å². The van der Waals surface area contributed by atoms with E-state index in [0.717, 1.165) is 6.26 Å². The Kier molecular flexibility index (Phi) is 5.46. The molecule has 3 rings (SSSR count). The molecular formula is C17H17Cl2N3O5S. The van der Waals surface area contributed by atoms with E-state index in [1.54, 1.807) is 19.2 Å². The molecule has 11 heteroatoms. The molecule has 1 N–H and O–H groups in total. The van der Waals surface area contributed by atoms with E-state index in [0.29, 0.717) is 28.2 Å². The molecule has 1 aliphatic rings. The first-order valence-corrected chi connectivity index (χ1v) is 10.5. The molecular weight excluding hydrogens is 429 g/mol. The molecule has 1 aromatic carbocycles. The van der Waals surface area contributed by atoms with E-state index >= 15 is 0 Å². The van der Waals surface area contributed by atoms with Gasteiger partial charge in [0.2, 0.25) is 15.0 Å². The molecule has 0 bridgehead atoms. The van der Waals surface area contributed by atoms with Gasteiger partial charge in [0.1, 0.15) is 17.3 Å². The molecule has 0 fully saturated rings. The maximum atomic E-state index is 11.7. The summed E-state index contributed by atoms with van der Waals surface area (Å²) in [6, 6.07) is 1.54. The molecule has 0 saturated heterocycles. The summed E-state index contributed by atoms with van der Waals surface area (Å²) in [5.41, 5.74) is 1.18. The van der Waals surface area contributed by atoms with Gasteiger partial charge in [0, 0.05) is 42.3 Å². The number of hydrogen-bond donors (Lipinski definition) is 1. The van der Waals surface area contributed by atoms with Crippen molar-refractivity contribution in [2.75, 3.05) is 32.4 Å². The van der Waals surface area contributed by atoms with Crippen LogP contribution < -0.4 is 14.4 Å². The fourth-order valence-electron chi connectivity index (χ4n) is 2.84. The molecule has 8 nitrogen and oxygen atoms in total. The number of hydrogen-bond acceptors (Lipinski definition) is 8. The molecule has 0 spiro atoms. The van der Waals surface area contributed by atoms with Crippen LogP contribution in [0.3, 0.4) is 0 Å². The third-order valence-corrected chi connectivity index (χ3v) is 5.87. The first-order valence-electron chi connectivity index (χ1n) is 7.90. The van der Waals surface area contributed by atoms with E-state index in [9.17, 15) is 13.5 Å². The largest absolute Gasteiger partial charge is 0.495 e. The molecule has 1 aromatic heterocycles. The van der Waals surface area contributed by atoms with Gasteiger partial charge in [-0.05, 0) is 6.08 Å². The zero-order chi connectivity index (χ0) is 20.8. The molecule has 0 aliphatic carbocycles. The molecule has 28 heavy (non-hydrogen) atoms. The SMILES string of the molecule is COc1cc(OC)c(Cl)c(C2=Cc3cnc(S(C)(=O)=O)nc3N(C)C2O)c1Cl. The van der Waals surface area contributed by atoms with E-state index in [1.165, 1.54) is 25.3 Å². The summed E-state index contributed by atoms with van der Waals surface area (Å²) in [6.45, 7) is 0. The van der Waals surface area contributed by atoms with Crippen molar-refractivity contribution in [1.29, 1.82) is 0 Å². The summed E-state index contributed by atoms with van der Waals surface area (Å²) in [5, 5.41) is 10.9. The number of rotatable bonds is 4. The zero-order valence-electron chi connectivity index (χ0n) is 15.4. The number of likely N-dealkylation sites (N-methyl/N-ethyl adjacent to an activating group) is 1. The fraction of sp³-hybridized carbons (Fsp3) is 0.294. The number of fused-ring (bicyclic) bond motifs is 1. The maximum absolute atomic E-state index is 11.7. The number of aliphatic hydroxyl groups excluding tert-OH is 1. The number of nitrogens with zero attached hydrogens (tertiary/aromatic N) is 3. The number of aliphatic hydroxyl groups is 1. The van der Waals surface area contributed by atoms with Crippen LogP contribution in [-0.4, -0.2) is 57.2 Å². The van der Waals surface area contributed by atoms with Gasteiger partial charge in [-0.1, -0.05) is 23.2 Å². The van der Waals surface area contributed by atoms with E-state index in [2.05, 4.69) is 9.97 Å². The summed E-state index contributed by atoms with van der Waals surface area (Å²) in [6.07, 6.45) is 2.76. The number of anilines is 1. The predicted octanol–water partition coefficient (Wildman–Crippen LogP) is 2.51. The van der Waals surface area contributed by atoms with Crippen molar-refractivity contribution in [1.82, 2.24) is 9.97 Å². The lowest BCUT2D eigenvalue weighted by Crippen LogP contribution is -2.36. The van der Waals surface area contributed by atoms with Crippen molar-refractivity contribution in [2.45, 2.75) is 11.4 Å². The smallest absolute Gasteiger partial charge is 0.248 e. The van der Waals surface area contributed by atoms with Crippen molar-refractivity contribution in [3.63, 3.8) is 0 Å². The summed E-state index contributed by atoms with van der Waals surface area (Å²) in [5.74, 6) is 0.903.